The summed E-state index contributed by atoms with van der Waals surface area (Å²) < 4.78 is 6.51. The minimum Gasteiger partial charge on any atom is -0.389 e. The van der Waals surface area contributed by atoms with E-state index in [1.165, 1.54) is 7.11 Å². The lowest BCUT2D eigenvalue weighted by Crippen LogP contribution is -2.34. The highest BCUT2D eigenvalue weighted by atomic mass is 16.5. The van der Waals surface area contributed by atoms with Gasteiger partial charge in [-0.25, -0.2) is 4.68 Å². The van der Waals surface area contributed by atoms with E-state index in [0.717, 1.165) is 11.4 Å². The van der Waals surface area contributed by atoms with Crippen molar-refractivity contribution in [3.05, 3.63) is 47.8 Å². The number of aliphatic hydroxyl groups excluding tert-OH is 1. The summed E-state index contributed by atoms with van der Waals surface area (Å²) in [6.07, 6.45) is -0.726. The third-order valence-corrected chi connectivity index (χ3v) is 2.98. The van der Waals surface area contributed by atoms with Crippen molar-refractivity contribution < 1.29 is 14.6 Å². The number of nitrogens with zero attached hydrogens (tertiary/aromatic N) is 2. The number of methoxy groups -OCH3 is 1. The van der Waals surface area contributed by atoms with Crippen LogP contribution in [-0.4, -0.2) is 47.2 Å². The number of ether oxygens (including phenoxy) is 1. The number of nitrogens with one attached hydrogen (secondary N) is 1. The van der Waals surface area contributed by atoms with E-state index in [-0.39, 0.29) is 19.1 Å². The van der Waals surface area contributed by atoms with Crippen molar-refractivity contribution in [2.24, 2.45) is 0 Å². The van der Waals surface area contributed by atoms with Crippen LogP contribution in [0.5, 0.6) is 0 Å². The molecule has 0 aliphatic heterocycles. The molecule has 2 N–H and O–H groups in total. The van der Waals surface area contributed by atoms with Crippen molar-refractivity contribution in [1.29, 1.82) is 0 Å². The highest BCUT2D eigenvalue weighted by molar-refractivity contribution is 5.92. The SMILES string of the molecule is COCC(O)CNC(=O)c1cc(C)n(-c2ccccc2)n1. The zero-order valence-electron chi connectivity index (χ0n) is 12.1. The Balaban J connectivity index is 2.06. The maximum atomic E-state index is 12.0. The van der Waals surface area contributed by atoms with Gasteiger partial charge >= 0.3 is 0 Å². The van der Waals surface area contributed by atoms with E-state index >= 15 is 0 Å². The highest BCUT2D eigenvalue weighted by Crippen LogP contribution is 2.11. The molecule has 1 heterocycles. The average Bonchev–Trinajstić information content (AvgIpc) is 2.88. The summed E-state index contributed by atoms with van der Waals surface area (Å²) in [5.74, 6) is -0.317. The van der Waals surface area contributed by atoms with Gasteiger partial charge in [0.15, 0.2) is 5.69 Å². The standard InChI is InChI=1S/C15H19N3O3/c1-11-8-14(15(20)16-9-13(19)10-21-2)17-18(11)12-6-4-3-5-7-12/h3-8,13,19H,9-10H2,1-2H3,(H,16,20). The first-order valence-corrected chi connectivity index (χ1v) is 6.69. The summed E-state index contributed by atoms with van der Waals surface area (Å²) in [6, 6.07) is 11.3. The number of para-hydroxylation sites is 1. The summed E-state index contributed by atoms with van der Waals surface area (Å²) in [6.45, 7) is 2.19. The van der Waals surface area contributed by atoms with E-state index in [9.17, 15) is 9.90 Å². The summed E-state index contributed by atoms with van der Waals surface area (Å²) in [5.41, 5.74) is 2.08. The number of aryl methyl sites for hydroxylation is 1. The van der Waals surface area contributed by atoms with E-state index in [1.807, 2.05) is 37.3 Å². The number of aliphatic hydroxyl groups is 1. The predicted molar refractivity (Wildman–Crippen MR) is 78.5 cm³/mol. The molecule has 6 heteroatoms. The van der Waals surface area contributed by atoms with Crippen LogP contribution in [-0.2, 0) is 4.74 Å². The molecular weight excluding hydrogens is 270 g/mol. The van der Waals surface area contributed by atoms with E-state index in [2.05, 4.69) is 10.4 Å². The van der Waals surface area contributed by atoms with Crippen LogP contribution in [0.1, 0.15) is 16.2 Å². The zero-order chi connectivity index (χ0) is 15.2. The van der Waals surface area contributed by atoms with E-state index in [0.29, 0.717) is 5.69 Å². The zero-order valence-corrected chi connectivity index (χ0v) is 12.1. The Morgan fingerprint density at radius 3 is 2.81 bits per heavy atom. The molecule has 6 nitrogen and oxygen atoms in total. The van der Waals surface area contributed by atoms with Crippen LogP contribution in [0.4, 0.5) is 0 Å². The first-order valence-electron chi connectivity index (χ1n) is 6.69. The second kappa shape index (κ2) is 7.01. The molecule has 0 saturated heterocycles. The molecular formula is C15H19N3O3. The third-order valence-electron chi connectivity index (χ3n) is 2.98. The lowest BCUT2D eigenvalue weighted by atomic mass is 10.3. The van der Waals surface area contributed by atoms with Gasteiger partial charge in [0.2, 0.25) is 0 Å². The van der Waals surface area contributed by atoms with Crippen molar-refractivity contribution in [3.8, 4) is 5.69 Å². The topological polar surface area (TPSA) is 76.4 Å². The van der Waals surface area contributed by atoms with Gasteiger partial charge in [-0.15, -0.1) is 0 Å². The predicted octanol–water partition coefficient (Wildman–Crippen LogP) is 0.918. The molecule has 2 aromatic rings. The van der Waals surface area contributed by atoms with Gasteiger partial charge in [0.1, 0.15) is 0 Å². The summed E-state index contributed by atoms with van der Waals surface area (Å²) in [5, 5.41) is 16.4. The molecule has 1 atom stereocenters. The Bertz CT molecular complexity index is 595. The van der Waals surface area contributed by atoms with Crippen molar-refractivity contribution in [3.63, 3.8) is 0 Å². The van der Waals surface area contributed by atoms with Gasteiger partial charge in [-0.2, -0.15) is 5.10 Å². The third kappa shape index (κ3) is 3.90. The monoisotopic (exact) mass is 289 g/mol. The van der Waals surface area contributed by atoms with Gasteiger partial charge in [0, 0.05) is 19.3 Å². The lowest BCUT2D eigenvalue weighted by Gasteiger charge is -2.09. The molecule has 0 spiro atoms. The van der Waals surface area contributed by atoms with Gasteiger partial charge in [0.25, 0.3) is 5.91 Å². The van der Waals surface area contributed by atoms with Crippen LogP contribution in [0.25, 0.3) is 5.69 Å². The van der Waals surface area contributed by atoms with Crippen molar-refractivity contribution in [2.45, 2.75) is 13.0 Å². The van der Waals surface area contributed by atoms with Crippen LogP contribution in [0.2, 0.25) is 0 Å². The van der Waals surface area contributed by atoms with Crippen molar-refractivity contribution in [1.82, 2.24) is 15.1 Å². The number of hydrogen-bond acceptors (Lipinski definition) is 4. The molecule has 2 rings (SSSR count). The molecule has 0 bridgehead atoms. The molecule has 0 radical (unpaired) electrons. The normalized spacial score (nSPS) is 12.1. The Morgan fingerprint density at radius 1 is 1.43 bits per heavy atom. The fraction of sp³-hybridized carbons (Fsp3) is 0.333. The Morgan fingerprint density at radius 2 is 2.14 bits per heavy atom. The number of benzene rings is 1. The maximum Gasteiger partial charge on any atom is 0.271 e. The molecule has 0 aliphatic rings. The summed E-state index contributed by atoms with van der Waals surface area (Å²) >= 11 is 0. The second-order valence-electron chi connectivity index (χ2n) is 4.74. The molecule has 1 aromatic heterocycles. The smallest absolute Gasteiger partial charge is 0.271 e. The maximum absolute atomic E-state index is 12.0. The second-order valence-corrected chi connectivity index (χ2v) is 4.74. The molecule has 1 aromatic carbocycles. The molecule has 0 fully saturated rings. The average molecular weight is 289 g/mol. The quantitative estimate of drug-likeness (QED) is 0.829. The largest absolute Gasteiger partial charge is 0.389 e. The number of carbonyl (C=O) groups excluding carboxylic acids is 1. The first-order chi connectivity index (χ1) is 10.1. The summed E-state index contributed by atoms with van der Waals surface area (Å²) in [7, 11) is 1.50. The molecule has 0 saturated carbocycles. The van der Waals surface area contributed by atoms with Gasteiger partial charge in [0.05, 0.1) is 18.4 Å². The Kier molecular flexibility index (Phi) is 5.08. The van der Waals surface area contributed by atoms with Crippen molar-refractivity contribution in [2.75, 3.05) is 20.3 Å². The van der Waals surface area contributed by atoms with Crippen molar-refractivity contribution >= 4 is 5.91 Å². The molecule has 1 amide bonds. The summed E-state index contributed by atoms with van der Waals surface area (Å²) in [4.78, 5) is 12.0. The number of amides is 1. The fourth-order valence-corrected chi connectivity index (χ4v) is 1.97. The molecule has 0 aliphatic carbocycles. The van der Waals surface area contributed by atoms with E-state index in [4.69, 9.17) is 4.74 Å². The van der Waals surface area contributed by atoms with Gasteiger partial charge in [-0.1, -0.05) is 18.2 Å². The number of carbonyl (C=O) groups is 1. The minimum absolute atomic E-state index is 0.129. The van der Waals surface area contributed by atoms with Gasteiger partial charge in [-0.3, -0.25) is 4.79 Å². The van der Waals surface area contributed by atoms with Crippen LogP contribution in [0.15, 0.2) is 36.4 Å². The van der Waals surface area contributed by atoms with Gasteiger partial charge < -0.3 is 15.2 Å². The highest BCUT2D eigenvalue weighted by Gasteiger charge is 2.14. The lowest BCUT2D eigenvalue weighted by molar-refractivity contribution is 0.0608. The van der Waals surface area contributed by atoms with Gasteiger partial charge in [-0.05, 0) is 25.1 Å². The Labute approximate surface area is 123 Å². The van der Waals surface area contributed by atoms with Crippen LogP contribution >= 0.6 is 0 Å². The van der Waals surface area contributed by atoms with Crippen LogP contribution in [0.3, 0.4) is 0 Å². The van der Waals surface area contributed by atoms with Crippen LogP contribution in [0, 0.1) is 6.92 Å². The fourth-order valence-electron chi connectivity index (χ4n) is 1.97. The van der Waals surface area contributed by atoms with Crippen LogP contribution < -0.4 is 5.32 Å². The number of hydrogen-bond donors (Lipinski definition) is 2. The van der Waals surface area contributed by atoms with E-state index < -0.39 is 6.10 Å². The number of aromatic nitrogens is 2. The first kappa shape index (κ1) is 15.2. The minimum atomic E-state index is -0.726. The molecule has 112 valence electrons. The molecule has 1 unspecified atom stereocenters. The Hall–Kier alpha value is -2.18. The van der Waals surface area contributed by atoms with E-state index in [1.54, 1.807) is 10.7 Å². The molecule has 21 heavy (non-hydrogen) atoms. The number of rotatable bonds is 6.